The Balaban J connectivity index is 3.92. The molecule has 0 heterocycles. The van der Waals surface area contributed by atoms with Gasteiger partial charge in [0.05, 0.1) is 16.7 Å². The molecular weight excluding hydrogens is 262 g/mol. The second-order valence-corrected chi connectivity index (χ2v) is 6.54. The second-order valence-electron chi connectivity index (χ2n) is 4.27. The first-order valence-corrected chi connectivity index (χ1v) is 7.40. The van der Waals surface area contributed by atoms with E-state index in [2.05, 4.69) is 10.0 Å². The Morgan fingerprint density at radius 1 is 1.35 bits per heavy atom. The van der Waals surface area contributed by atoms with Crippen LogP contribution < -0.4 is 15.8 Å². The zero-order chi connectivity index (χ0) is 13.7. The molecule has 0 bridgehead atoms. The molecule has 6 nitrogen and oxygen atoms in total. The SMILES string of the molecule is CC(C)(C(=O)NCCCNS(C)(=O)=O)C(N)=S. The van der Waals surface area contributed by atoms with E-state index in [1.807, 2.05) is 0 Å². The van der Waals surface area contributed by atoms with Crippen LogP contribution in [-0.4, -0.2) is 38.7 Å². The molecule has 1 amide bonds. The third-order valence-corrected chi connectivity index (χ3v) is 3.43. The minimum Gasteiger partial charge on any atom is -0.392 e. The van der Waals surface area contributed by atoms with Gasteiger partial charge in [0.15, 0.2) is 0 Å². The van der Waals surface area contributed by atoms with Gasteiger partial charge in [-0.2, -0.15) is 0 Å². The molecule has 0 aliphatic rings. The lowest BCUT2D eigenvalue weighted by Crippen LogP contribution is -2.45. The summed E-state index contributed by atoms with van der Waals surface area (Å²) in [5, 5.41) is 2.65. The molecule has 0 radical (unpaired) electrons. The zero-order valence-electron chi connectivity index (χ0n) is 10.2. The first kappa shape index (κ1) is 16.3. The van der Waals surface area contributed by atoms with Gasteiger partial charge in [0.25, 0.3) is 0 Å². The van der Waals surface area contributed by atoms with Crippen LogP contribution >= 0.6 is 12.2 Å². The predicted molar refractivity (Wildman–Crippen MR) is 71.0 cm³/mol. The molecule has 0 aromatic heterocycles. The van der Waals surface area contributed by atoms with E-state index in [9.17, 15) is 13.2 Å². The number of amides is 1. The molecule has 0 aromatic rings. The van der Waals surface area contributed by atoms with E-state index < -0.39 is 15.4 Å². The molecule has 0 saturated carbocycles. The standard InChI is InChI=1S/C9H19N3O3S2/c1-9(2,7(10)16)8(13)11-5-4-6-12-17(3,14)15/h12H,4-6H2,1-3H3,(H2,10,16)(H,11,13). The summed E-state index contributed by atoms with van der Waals surface area (Å²) < 4.78 is 23.8. The van der Waals surface area contributed by atoms with Crippen LogP contribution in [0.4, 0.5) is 0 Å². The number of hydrogen-bond donors (Lipinski definition) is 3. The van der Waals surface area contributed by atoms with Gasteiger partial charge in [0, 0.05) is 13.1 Å². The fourth-order valence-corrected chi connectivity index (χ4v) is 1.49. The van der Waals surface area contributed by atoms with E-state index in [1.165, 1.54) is 0 Å². The average molecular weight is 281 g/mol. The van der Waals surface area contributed by atoms with E-state index in [1.54, 1.807) is 13.8 Å². The third-order valence-electron chi connectivity index (χ3n) is 2.19. The van der Waals surface area contributed by atoms with Crippen molar-refractivity contribution in [2.24, 2.45) is 11.1 Å². The summed E-state index contributed by atoms with van der Waals surface area (Å²) in [6.45, 7) is 3.93. The van der Waals surface area contributed by atoms with Gasteiger partial charge in [-0.1, -0.05) is 12.2 Å². The largest absolute Gasteiger partial charge is 0.392 e. The fourth-order valence-electron chi connectivity index (χ4n) is 0.881. The number of rotatable bonds is 7. The van der Waals surface area contributed by atoms with Crippen molar-refractivity contribution >= 4 is 33.1 Å². The van der Waals surface area contributed by atoms with Crippen LogP contribution in [-0.2, 0) is 14.8 Å². The van der Waals surface area contributed by atoms with Crippen LogP contribution in [0.15, 0.2) is 0 Å². The highest BCUT2D eigenvalue weighted by Crippen LogP contribution is 2.14. The van der Waals surface area contributed by atoms with Gasteiger partial charge in [-0.25, -0.2) is 13.1 Å². The van der Waals surface area contributed by atoms with Crippen molar-refractivity contribution in [3.8, 4) is 0 Å². The minimum atomic E-state index is -3.17. The number of nitrogens with one attached hydrogen (secondary N) is 2. The number of hydrogen-bond acceptors (Lipinski definition) is 4. The van der Waals surface area contributed by atoms with E-state index in [0.29, 0.717) is 13.0 Å². The molecule has 0 unspecified atom stereocenters. The molecule has 0 spiro atoms. The van der Waals surface area contributed by atoms with Gasteiger partial charge in [0.2, 0.25) is 15.9 Å². The van der Waals surface area contributed by atoms with Crippen molar-refractivity contribution in [2.45, 2.75) is 20.3 Å². The molecular formula is C9H19N3O3S2. The van der Waals surface area contributed by atoms with Gasteiger partial charge in [-0.3, -0.25) is 4.79 Å². The monoisotopic (exact) mass is 281 g/mol. The number of thiocarbonyl (C=S) groups is 1. The molecule has 0 fully saturated rings. The Morgan fingerprint density at radius 2 is 1.88 bits per heavy atom. The molecule has 0 rings (SSSR count). The summed E-state index contributed by atoms with van der Waals surface area (Å²) in [4.78, 5) is 11.8. The second kappa shape index (κ2) is 6.27. The molecule has 0 saturated heterocycles. The lowest BCUT2D eigenvalue weighted by Gasteiger charge is -2.21. The lowest BCUT2D eigenvalue weighted by molar-refractivity contribution is -0.126. The highest BCUT2D eigenvalue weighted by Gasteiger charge is 2.30. The van der Waals surface area contributed by atoms with Crippen molar-refractivity contribution in [2.75, 3.05) is 19.3 Å². The third kappa shape index (κ3) is 6.54. The van der Waals surface area contributed by atoms with Crippen molar-refractivity contribution in [1.82, 2.24) is 10.0 Å². The zero-order valence-corrected chi connectivity index (χ0v) is 11.9. The van der Waals surface area contributed by atoms with Crippen LogP contribution in [0.1, 0.15) is 20.3 Å². The van der Waals surface area contributed by atoms with Gasteiger partial charge < -0.3 is 11.1 Å². The van der Waals surface area contributed by atoms with Gasteiger partial charge >= 0.3 is 0 Å². The highest BCUT2D eigenvalue weighted by molar-refractivity contribution is 7.88. The molecule has 0 aliphatic heterocycles. The summed E-state index contributed by atoms with van der Waals surface area (Å²) in [6, 6.07) is 0. The predicted octanol–water partition coefficient (Wildman–Crippen LogP) is -0.646. The topological polar surface area (TPSA) is 101 Å². The number of sulfonamides is 1. The average Bonchev–Trinajstić information content (AvgIpc) is 2.14. The quantitative estimate of drug-likeness (QED) is 0.425. The van der Waals surface area contributed by atoms with E-state index >= 15 is 0 Å². The first-order chi connectivity index (χ1) is 7.57. The van der Waals surface area contributed by atoms with Crippen LogP contribution in [0, 0.1) is 5.41 Å². The molecule has 4 N–H and O–H groups in total. The molecule has 100 valence electrons. The maximum atomic E-state index is 11.6. The van der Waals surface area contributed by atoms with E-state index in [0.717, 1.165) is 6.26 Å². The molecule has 0 atom stereocenters. The first-order valence-electron chi connectivity index (χ1n) is 5.10. The van der Waals surface area contributed by atoms with Crippen molar-refractivity contribution in [1.29, 1.82) is 0 Å². The summed E-state index contributed by atoms with van der Waals surface area (Å²) in [5.41, 5.74) is 4.55. The smallest absolute Gasteiger partial charge is 0.232 e. The summed E-state index contributed by atoms with van der Waals surface area (Å²) in [5.74, 6) is -0.260. The highest BCUT2D eigenvalue weighted by atomic mass is 32.2. The Kier molecular flexibility index (Phi) is 6.00. The van der Waals surface area contributed by atoms with Crippen molar-refractivity contribution in [3.05, 3.63) is 0 Å². The van der Waals surface area contributed by atoms with Gasteiger partial charge in [-0.05, 0) is 20.3 Å². The van der Waals surface area contributed by atoms with Crippen LogP contribution in [0.3, 0.4) is 0 Å². The summed E-state index contributed by atoms with van der Waals surface area (Å²) >= 11 is 4.78. The molecule has 0 aliphatic carbocycles. The van der Waals surface area contributed by atoms with Gasteiger partial charge in [0.1, 0.15) is 0 Å². The lowest BCUT2D eigenvalue weighted by atomic mass is 9.92. The maximum Gasteiger partial charge on any atom is 0.232 e. The Bertz CT molecular complexity index is 390. The van der Waals surface area contributed by atoms with E-state index in [4.69, 9.17) is 18.0 Å². The summed E-state index contributed by atoms with van der Waals surface area (Å²) in [7, 11) is -3.17. The number of carbonyl (C=O) groups excluding carboxylic acids is 1. The molecule has 8 heteroatoms. The summed E-state index contributed by atoms with van der Waals surface area (Å²) in [6.07, 6.45) is 1.59. The number of carbonyl (C=O) groups is 1. The Hall–Kier alpha value is -0.730. The minimum absolute atomic E-state index is 0.129. The van der Waals surface area contributed by atoms with Crippen LogP contribution in [0.5, 0.6) is 0 Å². The normalized spacial score (nSPS) is 12.2. The van der Waals surface area contributed by atoms with E-state index in [-0.39, 0.29) is 17.4 Å². The van der Waals surface area contributed by atoms with Crippen molar-refractivity contribution in [3.63, 3.8) is 0 Å². The number of nitrogens with two attached hydrogens (primary N) is 1. The molecule has 17 heavy (non-hydrogen) atoms. The van der Waals surface area contributed by atoms with Gasteiger partial charge in [-0.15, -0.1) is 0 Å². The Morgan fingerprint density at radius 3 is 2.29 bits per heavy atom. The van der Waals surface area contributed by atoms with Crippen LogP contribution in [0.25, 0.3) is 0 Å². The van der Waals surface area contributed by atoms with Crippen molar-refractivity contribution < 1.29 is 13.2 Å². The Labute approximate surface area is 107 Å². The maximum absolute atomic E-state index is 11.6. The van der Waals surface area contributed by atoms with Crippen LogP contribution in [0.2, 0.25) is 0 Å². The molecule has 0 aromatic carbocycles. The fraction of sp³-hybridized carbons (Fsp3) is 0.778.